The van der Waals surface area contributed by atoms with E-state index in [4.69, 9.17) is 0 Å². The van der Waals surface area contributed by atoms with Gasteiger partial charge in [0.15, 0.2) is 0 Å². The van der Waals surface area contributed by atoms with Gasteiger partial charge >= 0.3 is 0 Å². The second-order valence-corrected chi connectivity index (χ2v) is 6.16. The van der Waals surface area contributed by atoms with Crippen LogP contribution in [0, 0.1) is 0 Å². The molecule has 0 bridgehead atoms. The van der Waals surface area contributed by atoms with Gasteiger partial charge in [0.25, 0.3) is 0 Å². The number of likely N-dealkylation sites (N-methyl/N-ethyl adjacent to an activating group) is 1. The van der Waals surface area contributed by atoms with E-state index in [1.165, 1.54) is 0 Å². The zero-order valence-electron chi connectivity index (χ0n) is 13.6. The van der Waals surface area contributed by atoms with Crippen molar-refractivity contribution in [3.05, 3.63) is 29.8 Å². The van der Waals surface area contributed by atoms with Crippen LogP contribution in [0.4, 0.5) is 0 Å². The number of phenols is 1. The van der Waals surface area contributed by atoms with Crippen LogP contribution >= 0.6 is 0 Å². The summed E-state index contributed by atoms with van der Waals surface area (Å²) in [7, 11) is 4.25. The molecule has 4 nitrogen and oxygen atoms in total. The molecule has 1 heterocycles. The maximum absolute atomic E-state index is 10.1. The lowest BCUT2D eigenvalue weighted by molar-refractivity contribution is 0.0886. The number of phenolic OH excluding ortho intramolecular Hbond substituents is 1. The summed E-state index contributed by atoms with van der Waals surface area (Å²) in [5.41, 5.74) is 1.07. The third-order valence-electron chi connectivity index (χ3n) is 4.39. The number of benzene rings is 1. The number of rotatable bonds is 6. The Bertz CT molecular complexity index is 428. The van der Waals surface area contributed by atoms with Crippen LogP contribution in [-0.2, 0) is 0 Å². The SMILES string of the molecule is CCC(c1ccccc1O)N1CCN(CCN(C)C)CC1. The number of para-hydroxylation sites is 1. The van der Waals surface area contributed by atoms with E-state index in [1.54, 1.807) is 6.07 Å². The van der Waals surface area contributed by atoms with Crippen molar-refractivity contribution < 1.29 is 5.11 Å². The molecule has 1 atom stereocenters. The summed E-state index contributed by atoms with van der Waals surface area (Å²) in [6.45, 7) is 8.89. The van der Waals surface area contributed by atoms with Crippen LogP contribution in [0.2, 0.25) is 0 Å². The zero-order valence-corrected chi connectivity index (χ0v) is 13.6. The molecule has 118 valence electrons. The van der Waals surface area contributed by atoms with E-state index in [-0.39, 0.29) is 0 Å². The zero-order chi connectivity index (χ0) is 15.2. The minimum Gasteiger partial charge on any atom is -0.508 e. The molecular weight excluding hydrogens is 262 g/mol. The monoisotopic (exact) mass is 291 g/mol. The third-order valence-corrected chi connectivity index (χ3v) is 4.39. The van der Waals surface area contributed by atoms with Crippen molar-refractivity contribution in [3.8, 4) is 5.75 Å². The molecule has 1 aromatic carbocycles. The maximum Gasteiger partial charge on any atom is 0.120 e. The lowest BCUT2D eigenvalue weighted by atomic mass is 10.0. The molecule has 1 aromatic rings. The highest BCUT2D eigenvalue weighted by molar-refractivity contribution is 5.34. The molecule has 4 heteroatoms. The highest BCUT2D eigenvalue weighted by Crippen LogP contribution is 2.31. The molecule has 0 radical (unpaired) electrons. The van der Waals surface area contributed by atoms with E-state index in [2.05, 4.69) is 41.8 Å². The van der Waals surface area contributed by atoms with Crippen LogP contribution in [0.25, 0.3) is 0 Å². The van der Waals surface area contributed by atoms with Gasteiger partial charge in [-0.2, -0.15) is 0 Å². The van der Waals surface area contributed by atoms with Gasteiger partial charge in [0.05, 0.1) is 0 Å². The van der Waals surface area contributed by atoms with Crippen molar-refractivity contribution in [2.24, 2.45) is 0 Å². The number of piperazine rings is 1. The Balaban J connectivity index is 1.92. The first-order chi connectivity index (χ1) is 10.1. The molecule has 1 aliphatic rings. The number of hydrogen-bond donors (Lipinski definition) is 1. The fraction of sp³-hybridized carbons (Fsp3) is 0.647. The largest absolute Gasteiger partial charge is 0.508 e. The summed E-state index contributed by atoms with van der Waals surface area (Å²) in [5.74, 6) is 0.430. The number of hydrogen-bond acceptors (Lipinski definition) is 4. The molecule has 2 rings (SSSR count). The van der Waals surface area contributed by atoms with Crippen LogP contribution in [0.15, 0.2) is 24.3 Å². The average Bonchev–Trinajstić information content (AvgIpc) is 2.49. The second-order valence-electron chi connectivity index (χ2n) is 6.16. The number of aromatic hydroxyl groups is 1. The quantitative estimate of drug-likeness (QED) is 0.868. The highest BCUT2D eigenvalue weighted by atomic mass is 16.3. The van der Waals surface area contributed by atoms with Gasteiger partial charge in [0.1, 0.15) is 5.75 Å². The Morgan fingerprint density at radius 3 is 2.38 bits per heavy atom. The minimum atomic E-state index is 0.335. The molecule has 21 heavy (non-hydrogen) atoms. The van der Waals surface area contributed by atoms with Crippen molar-refractivity contribution >= 4 is 0 Å². The second kappa shape index (κ2) is 7.78. The highest BCUT2D eigenvalue weighted by Gasteiger charge is 2.25. The van der Waals surface area contributed by atoms with Gasteiger partial charge < -0.3 is 10.0 Å². The van der Waals surface area contributed by atoms with Crippen molar-refractivity contribution in [1.29, 1.82) is 0 Å². The molecule has 0 saturated carbocycles. The molecule has 1 saturated heterocycles. The predicted molar refractivity (Wildman–Crippen MR) is 87.7 cm³/mol. The standard InChI is InChI=1S/C17H29N3O/c1-4-16(15-7-5-6-8-17(15)21)20-13-11-19(12-14-20)10-9-18(2)3/h5-8,16,21H,4,9-14H2,1-3H3. The van der Waals surface area contributed by atoms with Crippen LogP contribution in [0.5, 0.6) is 5.75 Å². The fourth-order valence-electron chi connectivity index (χ4n) is 3.08. The van der Waals surface area contributed by atoms with Gasteiger partial charge in [0, 0.05) is 50.9 Å². The Labute approximate surface area is 129 Å². The summed E-state index contributed by atoms with van der Waals surface area (Å²) < 4.78 is 0. The Kier molecular flexibility index (Phi) is 6.03. The molecular formula is C17H29N3O. The van der Waals surface area contributed by atoms with E-state index >= 15 is 0 Å². The first kappa shape index (κ1) is 16.3. The first-order valence-corrected chi connectivity index (χ1v) is 8.00. The Morgan fingerprint density at radius 2 is 1.81 bits per heavy atom. The first-order valence-electron chi connectivity index (χ1n) is 8.00. The topological polar surface area (TPSA) is 30.0 Å². The molecule has 1 aliphatic heterocycles. The van der Waals surface area contributed by atoms with Gasteiger partial charge in [-0.3, -0.25) is 9.80 Å². The Hall–Kier alpha value is -1.10. The normalized spacial score (nSPS) is 19.0. The van der Waals surface area contributed by atoms with Crippen LogP contribution in [0.1, 0.15) is 24.9 Å². The molecule has 1 N–H and O–H groups in total. The lowest BCUT2D eigenvalue weighted by Crippen LogP contribution is -2.48. The van der Waals surface area contributed by atoms with Crippen molar-refractivity contribution in [2.75, 3.05) is 53.4 Å². The summed E-state index contributed by atoms with van der Waals surface area (Å²) in [5, 5.41) is 10.1. The predicted octanol–water partition coefficient (Wildman–Crippen LogP) is 2.02. The fourth-order valence-corrected chi connectivity index (χ4v) is 3.08. The van der Waals surface area contributed by atoms with Crippen LogP contribution < -0.4 is 0 Å². The van der Waals surface area contributed by atoms with Crippen LogP contribution in [-0.4, -0.2) is 73.2 Å². The average molecular weight is 291 g/mol. The van der Waals surface area contributed by atoms with Gasteiger partial charge in [-0.25, -0.2) is 0 Å². The van der Waals surface area contributed by atoms with E-state index in [9.17, 15) is 5.11 Å². The molecule has 1 unspecified atom stereocenters. The van der Waals surface area contributed by atoms with Gasteiger partial charge in [-0.15, -0.1) is 0 Å². The van der Waals surface area contributed by atoms with E-state index in [0.29, 0.717) is 11.8 Å². The van der Waals surface area contributed by atoms with Gasteiger partial charge in [-0.1, -0.05) is 25.1 Å². The van der Waals surface area contributed by atoms with Gasteiger partial charge in [0.2, 0.25) is 0 Å². The van der Waals surface area contributed by atoms with Crippen molar-refractivity contribution in [1.82, 2.24) is 14.7 Å². The summed E-state index contributed by atoms with van der Waals surface area (Å²) in [6, 6.07) is 8.10. The molecule has 0 aromatic heterocycles. The van der Waals surface area contributed by atoms with Crippen molar-refractivity contribution in [3.63, 3.8) is 0 Å². The smallest absolute Gasteiger partial charge is 0.120 e. The van der Waals surface area contributed by atoms with E-state index < -0.39 is 0 Å². The summed E-state index contributed by atoms with van der Waals surface area (Å²) in [6.07, 6.45) is 1.04. The van der Waals surface area contributed by atoms with E-state index in [1.807, 2.05) is 12.1 Å². The summed E-state index contributed by atoms with van der Waals surface area (Å²) >= 11 is 0. The van der Waals surface area contributed by atoms with Crippen molar-refractivity contribution in [2.45, 2.75) is 19.4 Å². The van der Waals surface area contributed by atoms with Crippen LogP contribution in [0.3, 0.4) is 0 Å². The van der Waals surface area contributed by atoms with E-state index in [0.717, 1.165) is 51.3 Å². The molecule has 0 spiro atoms. The molecule has 1 fully saturated rings. The number of nitrogens with zero attached hydrogens (tertiary/aromatic N) is 3. The maximum atomic E-state index is 10.1. The van der Waals surface area contributed by atoms with Gasteiger partial charge in [-0.05, 0) is 26.6 Å². The molecule has 0 amide bonds. The lowest BCUT2D eigenvalue weighted by Gasteiger charge is -2.39. The molecule has 0 aliphatic carbocycles. The minimum absolute atomic E-state index is 0.335. The Morgan fingerprint density at radius 1 is 1.14 bits per heavy atom. The third kappa shape index (κ3) is 4.43. The summed E-state index contributed by atoms with van der Waals surface area (Å²) in [4.78, 5) is 7.29.